The summed E-state index contributed by atoms with van der Waals surface area (Å²) >= 11 is 0. The third kappa shape index (κ3) is 3.38. The molecule has 7 bridgehead atoms. The van der Waals surface area contributed by atoms with Gasteiger partial charge < -0.3 is 0 Å². The summed E-state index contributed by atoms with van der Waals surface area (Å²) < 4.78 is 0. The van der Waals surface area contributed by atoms with Gasteiger partial charge in [0.1, 0.15) is 0 Å². The fourth-order valence-electron chi connectivity index (χ4n) is 9.29. The molecule has 3 aromatic rings. The molecule has 0 aliphatic heterocycles. The van der Waals surface area contributed by atoms with E-state index in [2.05, 4.69) is 76.2 Å². The summed E-state index contributed by atoms with van der Waals surface area (Å²) in [6.45, 7) is 14.0. The normalized spacial score (nSPS) is 24.6. The molecule has 4 atom stereocenters. The summed E-state index contributed by atoms with van der Waals surface area (Å²) in [5.74, 6) is 1.51. The Morgan fingerprint density at radius 3 is 1.76 bits per heavy atom. The minimum Gasteiger partial charge on any atom is -0.289 e. The van der Waals surface area contributed by atoms with Gasteiger partial charge in [0.05, 0.1) is 0 Å². The molecule has 0 radical (unpaired) electrons. The lowest BCUT2D eigenvalue weighted by Crippen LogP contribution is -2.25. The molecule has 0 spiro atoms. The fourth-order valence-corrected chi connectivity index (χ4v) is 9.29. The molecule has 206 valence electrons. The lowest BCUT2D eigenvalue weighted by molar-refractivity contribution is 0.103. The van der Waals surface area contributed by atoms with Crippen molar-refractivity contribution >= 4 is 5.78 Å². The van der Waals surface area contributed by atoms with Crippen LogP contribution in [-0.2, 0) is 19.3 Å². The summed E-state index contributed by atoms with van der Waals surface area (Å²) in [6.07, 6.45) is 11.9. The number of hydrogen-bond acceptors (Lipinski definition) is 1. The van der Waals surface area contributed by atoms with Crippen LogP contribution in [0.25, 0.3) is 0 Å². The van der Waals surface area contributed by atoms with Crippen molar-refractivity contribution < 1.29 is 4.79 Å². The standard InChI is InChI=1S/C40H40O/c1-6-27-21(5)12-31-22-10-11-23-13-24-15-26-17-39-37(20-35(26)29(8-3)33(24)18-32(23)27)30(9-4)36-19-34(28(31)7-2)25(14-22)16-38(36)40(39)41/h10,12-13,16-20,27-30H,5-9,11,14-15H2,1-4H3. The molecule has 4 unspecified atom stereocenters. The van der Waals surface area contributed by atoms with Crippen LogP contribution in [0, 0.1) is 0 Å². The first-order valence-corrected chi connectivity index (χ1v) is 16.1. The largest absolute Gasteiger partial charge is 0.289 e. The summed E-state index contributed by atoms with van der Waals surface area (Å²) in [5, 5.41) is 0. The van der Waals surface area contributed by atoms with E-state index >= 15 is 0 Å². The molecule has 1 nitrogen and oxygen atoms in total. The molecule has 0 saturated heterocycles. The average molecular weight is 537 g/mol. The van der Waals surface area contributed by atoms with E-state index in [9.17, 15) is 4.79 Å². The van der Waals surface area contributed by atoms with Crippen molar-refractivity contribution in [2.45, 2.75) is 96.3 Å². The average Bonchev–Trinajstić information content (AvgIpc) is 3.03. The van der Waals surface area contributed by atoms with Crippen molar-refractivity contribution in [3.63, 3.8) is 0 Å². The third-order valence-electron chi connectivity index (χ3n) is 11.3. The van der Waals surface area contributed by atoms with Gasteiger partial charge in [0.15, 0.2) is 5.78 Å². The number of benzene rings is 3. The van der Waals surface area contributed by atoms with Crippen LogP contribution in [0.2, 0.25) is 0 Å². The first-order chi connectivity index (χ1) is 19.9. The molecule has 0 amide bonds. The Morgan fingerprint density at radius 2 is 1.12 bits per heavy atom. The Kier molecular flexibility index (Phi) is 5.56. The first kappa shape index (κ1) is 25.3. The van der Waals surface area contributed by atoms with E-state index in [-0.39, 0.29) is 11.7 Å². The first-order valence-electron chi connectivity index (χ1n) is 16.1. The zero-order valence-corrected chi connectivity index (χ0v) is 25.0. The van der Waals surface area contributed by atoms with Crippen molar-refractivity contribution in [3.05, 3.63) is 139 Å². The van der Waals surface area contributed by atoms with Gasteiger partial charge in [-0.05, 0) is 129 Å². The molecule has 1 heteroatoms. The van der Waals surface area contributed by atoms with Gasteiger partial charge in [-0.2, -0.15) is 0 Å². The van der Waals surface area contributed by atoms with Crippen molar-refractivity contribution in [1.29, 1.82) is 0 Å². The van der Waals surface area contributed by atoms with E-state index in [1.165, 1.54) is 72.4 Å². The SMILES string of the molecule is C=C1C=C2C3=CCc4cc5c(cc4C1CC)C(CC)c1cc4c(cc1C5)C(=O)c1cc(c(cc1C4CC)C2CC)C3. The Labute approximate surface area is 245 Å². The second kappa shape index (κ2) is 9.02. The summed E-state index contributed by atoms with van der Waals surface area (Å²) in [6, 6.07) is 14.6. The molecule has 0 fully saturated rings. The second-order valence-electron chi connectivity index (χ2n) is 13.2. The molecule has 41 heavy (non-hydrogen) atoms. The van der Waals surface area contributed by atoms with E-state index in [0.717, 1.165) is 56.1 Å². The molecule has 0 aromatic heterocycles. The molecule has 0 N–H and O–H groups in total. The molecule has 5 aliphatic carbocycles. The van der Waals surface area contributed by atoms with Crippen LogP contribution < -0.4 is 0 Å². The summed E-state index contributed by atoms with van der Waals surface area (Å²) in [4.78, 5) is 14.3. The molecular formula is C40H40O. The topological polar surface area (TPSA) is 17.1 Å². The molecule has 0 heterocycles. The van der Waals surface area contributed by atoms with Crippen molar-refractivity contribution in [2.75, 3.05) is 0 Å². The molecular weight excluding hydrogens is 496 g/mol. The number of allylic oxidation sites excluding steroid dienone is 5. The van der Waals surface area contributed by atoms with Crippen LogP contribution in [0.5, 0.6) is 0 Å². The lowest BCUT2D eigenvalue weighted by Gasteiger charge is -2.36. The Balaban J connectivity index is 1.53. The highest BCUT2D eigenvalue weighted by molar-refractivity contribution is 6.13. The third-order valence-corrected chi connectivity index (χ3v) is 11.3. The van der Waals surface area contributed by atoms with Gasteiger partial charge in [-0.15, -0.1) is 0 Å². The van der Waals surface area contributed by atoms with E-state index < -0.39 is 0 Å². The quantitative estimate of drug-likeness (QED) is 0.324. The zero-order chi connectivity index (χ0) is 28.2. The van der Waals surface area contributed by atoms with E-state index in [1.54, 1.807) is 0 Å². The van der Waals surface area contributed by atoms with Gasteiger partial charge in [-0.1, -0.05) is 70.7 Å². The number of rotatable bonds is 4. The van der Waals surface area contributed by atoms with Crippen LogP contribution >= 0.6 is 0 Å². The van der Waals surface area contributed by atoms with Crippen LogP contribution in [-0.4, -0.2) is 5.78 Å². The summed E-state index contributed by atoms with van der Waals surface area (Å²) in [5.41, 5.74) is 20.1. The van der Waals surface area contributed by atoms with Gasteiger partial charge in [0, 0.05) is 34.8 Å². The Hall–Kier alpha value is -3.45. The number of carbonyl (C=O) groups excluding carboxylic acids is 1. The summed E-state index contributed by atoms with van der Waals surface area (Å²) in [7, 11) is 0. The smallest absolute Gasteiger partial charge is 0.193 e. The zero-order valence-electron chi connectivity index (χ0n) is 25.0. The lowest BCUT2D eigenvalue weighted by atomic mass is 9.67. The number of fused-ring (bicyclic) bond motifs is 1. The van der Waals surface area contributed by atoms with Gasteiger partial charge in [0.2, 0.25) is 0 Å². The maximum Gasteiger partial charge on any atom is 0.193 e. The predicted octanol–water partition coefficient (Wildman–Crippen LogP) is 9.74. The van der Waals surface area contributed by atoms with Crippen LogP contribution in [0.15, 0.2) is 71.8 Å². The van der Waals surface area contributed by atoms with E-state index in [0.29, 0.717) is 17.8 Å². The fraction of sp³-hybridized carbons (Fsp3) is 0.375. The number of carbonyl (C=O) groups is 1. The predicted molar refractivity (Wildman–Crippen MR) is 169 cm³/mol. The van der Waals surface area contributed by atoms with Crippen LogP contribution in [0.1, 0.15) is 149 Å². The minimum atomic E-state index is 0.232. The monoisotopic (exact) mass is 536 g/mol. The maximum absolute atomic E-state index is 14.3. The van der Waals surface area contributed by atoms with Crippen molar-refractivity contribution in [1.82, 2.24) is 0 Å². The van der Waals surface area contributed by atoms with Gasteiger partial charge in [0.25, 0.3) is 0 Å². The van der Waals surface area contributed by atoms with Crippen molar-refractivity contribution in [2.24, 2.45) is 0 Å². The van der Waals surface area contributed by atoms with Gasteiger partial charge in [-0.3, -0.25) is 4.79 Å². The molecule has 8 rings (SSSR count). The highest BCUT2D eigenvalue weighted by atomic mass is 16.1. The Morgan fingerprint density at radius 1 is 0.610 bits per heavy atom. The van der Waals surface area contributed by atoms with Crippen molar-refractivity contribution in [3.8, 4) is 0 Å². The minimum absolute atomic E-state index is 0.232. The molecule has 0 saturated carbocycles. The molecule has 5 aliphatic rings. The maximum atomic E-state index is 14.3. The van der Waals surface area contributed by atoms with E-state index in [4.69, 9.17) is 6.58 Å². The molecule has 3 aromatic carbocycles. The second-order valence-corrected chi connectivity index (χ2v) is 13.2. The number of hydrogen-bond donors (Lipinski definition) is 0. The van der Waals surface area contributed by atoms with Gasteiger partial charge >= 0.3 is 0 Å². The van der Waals surface area contributed by atoms with Crippen LogP contribution in [0.3, 0.4) is 0 Å². The highest BCUT2D eigenvalue weighted by Gasteiger charge is 2.38. The number of ketones is 1. The van der Waals surface area contributed by atoms with Gasteiger partial charge in [-0.25, -0.2) is 0 Å². The Bertz CT molecular complexity index is 1760. The highest BCUT2D eigenvalue weighted by Crippen LogP contribution is 2.51. The van der Waals surface area contributed by atoms with Crippen LogP contribution in [0.4, 0.5) is 0 Å². The van der Waals surface area contributed by atoms with E-state index in [1.807, 2.05) is 0 Å².